The third-order valence-electron chi connectivity index (χ3n) is 3.17. The minimum atomic E-state index is -3.58. The van der Waals surface area contributed by atoms with E-state index in [4.69, 9.17) is 4.74 Å². The van der Waals surface area contributed by atoms with Gasteiger partial charge < -0.3 is 10.1 Å². The lowest BCUT2D eigenvalue weighted by atomic mass is 10.1. The summed E-state index contributed by atoms with van der Waals surface area (Å²) >= 11 is 0. The van der Waals surface area contributed by atoms with E-state index in [-0.39, 0.29) is 0 Å². The highest BCUT2D eigenvalue weighted by molar-refractivity contribution is 7.89. The smallest absolute Gasteiger partial charge is 0.241 e. The first-order chi connectivity index (χ1) is 9.73. The molecule has 0 bridgehead atoms. The summed E-state index contributed by atoms with van der Waals surface area (Å²) in [7, 11) is -2.02. The van der Waals surface area contributed by atoms with Crippen LogP contribution in [0, 0.1) is 6.92 Å². The average Bonchev–Trinajstić information content (AvgIpc) is 2.35. The molecule has 0 aliphatic heterocycles. The molecule has 0 saturated heterocycles. The molecule has 0 atom stereocenters. The minimum absolute atomic E-state index is 0.308. The maximum Gasteiger partial charge on any atom is 0.241 e. The van der Waals surface area contributed by atoms with Crippen LogP contribution in [0.3, 0.4) is 0 Å². The predicted molar refractivity (Wildman–Crippen MR) is 84.8 cm³/mol. The van der Waals surface area contributed by atoms with E-state index in [0.717, 1.165) is 17.7 Å². The molecular weight excluding hydrogens is 288 g/mol. The molecule has 120 valence electrons. The molecule has 0 aliphatic carbocycles. The Kier molecular flexibility index (Phi) is 6.34. The fourth-order valence-corrected chi connectivity index (χ4v) is 3.90. The molecule has 1 rings (SSSR count). The zero-order valence-corrected chi connectivity index (χ0v) is 14.3. The molecule has 0 saturated carbocycles. The molecule has 0 fully saturated rings. The van der Waals surface area contributed by atoms with E-state index in [2.05, 4.69) is 10.0 Å². The van der Waals surface area contributed by atoms with Gasteiger partial charge in [0.1, 0.15) is 0 Å². The van der Waals surface area contributed by atoms with Crippen molar-refractivity contribution in [3.63, 3.8) is 0 Å². The molecule has 0 aliphatic rings. The Morgan fingerprint density at radius 3 is 2.52 bits per heavy atom. The minimum Gasteiger partial charge on any atom is -0.383 e. The van der Waals surface area contributed by atoms with E-state index in [1.165, 1.54) is 0 Å². The summed E-state index contributed by atoms with van der Waals surface area (Å²) in [6.07, 6.45) is 0. The first-order valence-corrected chi connectivity index (χ1v) is 8.54. The van der Waals surface area contributed by atoms with Crippen molar-refractivity contribution in [1.82, 2.24) is 10.0 Å². The van der Waals surface area contributed by atoms with Gasteiger partial charge in [0.2, 0.25) is 10.0 Å². The molecule has 0 aromatic heterocycles. The van der Waals surface area contributed by atoms with Gasteiger partial charge in [0, 0.05) is 13.7 Å². The first kappa shape index (κ1) is 18.1. The van der Waals surface area contributed by atoms with Crippen LogP contribution in [0.25, 0.3) is 0 Å². The summed E-state index contributed by atoms with van der Waals surface area (Å²) in [5, 5.41) is 3.22. The molecule has 0 amide bonds. The number of ether oxygens (including phenoxy) is 1. The average molecular weight is 314 g/mol. The van der Waals surface area contributed by atoms with Crippen LogP contribution in [0.5, 0.6) is 0 Å². The summed E-state index contributed by atoms with van der Waals surface area (Å²) < 4.78 is 32.9. The maximum absolute atomic E-state index is 12.6. The fraction of sp³-hybridized carbons (Fsp3) is 0.600. The maximum atomic E-state index is 12.6. The topological polar surface area (TPSA) is 67.4 Å². The van der Waals surface area contributed by atoms with Gasteiger partial charge in [-0.3, -0.25) is 0 Å². The highest BCUT2D eigenvalue weighted by atomic mass is 32.2. The van der Waals surface area contributed by atoms with E-state index in [1.54, 1.807) is 33.1 Å². The number of hydrogen-bond acceptors (Lipinski definition) is 4. The molecule has 0 heterocycles. The largest absolute Gasteiger partial charge is 0.383 e. The fourth-order valence-electron chi connectivity index (χ4n) is 2.21. The van der Waals surface area contributed by atoms with Crippen LogP contribution in [0.15, 0.2) is 23.1 Å². The van der Waals surface area contributed by atoms with Gasteiger partial charge >= 0.3 is 0 Å². The highest BCUT2D eigenvalue weighted by Crippen LogP contribution is 2.20. The highest BCUT2D eigenvalue weighted by Gasteiger charge is 2.27. The number of nitrogens with one attached hydrogen (secondary N) is 2. The van der Waals surface area contributed by atoms with Gasteiger partial charge in [0.25, 0.3) is 0 Å². The molecule has 5 nitrogen and oxygen atoms in total. The second-order valence-electron chi connectivity index (χ2n) is 5.74. The van der Waals surface area contributed by atoms with Gasteiger partial charge in [0.05, 0.1) is 17.0 Å². The molecule has 0 radical (unpaired) electrons. The van der Waals surface area contributed by atoms with Gasteiger partial charge in [-0.1, -0.05) is 19.1 Å². The quantitative estimate of drug-likeness (QED) is 0.768. The molecule has 2 N–H and O–H groups in total. The summed E-state index contributed by atoms with van der Waals surface area (Å²) in [5.74, 6) is 0. The zero-order chi connectivity index (χ0) is 16.1. The number of rotatable bonds is 8. The Balaban J connectivity index is 3.09. The second kappa shape index (κ2) is 7.35. The number of methoxy groups -OCH3 is 1. The van der Waals surface area contributed by atoms with Crippen molar-refractivity contribution in [2.45, 2.75) is 44.7 Å². The van der Waals surface area contributed by atoms with Crippen LogP contribution in [-0.4, -0.2) is 34.2 Å². The lowest BCUT2D eigenvalue weighted by Crippen LogP contribution is -2.46. The molecule has 0 spiro atoms. The van der Waals surface area contributed by atoms with Crippen molar-refractivity contribution < 1.29 is 13.2 Å². The Morgan fingerprint density at radius 1 is 1.29 bits per heavy atom. The molecule has 6 heteroatoms. The van der Waals surface area contributed by atoms with Gasteiger partial charge in [-0.25, -0.2) is 13.1 Å². The molecule has 21 heavy (non-hydrogen) atoms. The van der Waals surface area contributed by atoms with Gasteiger partial charge in [-0.05, 0) is 44.5 Å². The summed E-state index contributed by atoms with van der Waals surface area (Å²) in [6, 6.07) is 5.35. The number of hydrogen-bond donors (Lipinski definition) is 2. The van der Waals surface area contributed by atoms with Crippen LogP contribution in [0.1, 0.15) is 31.9 Å². The lowest BCUT2D eigenvalue weighted by molar-refractivity contribution is 0.141. The molecule has 0 unspecified atom stereocenters. The zero-order valence-electron chi connectivity index (χ0n) is 13.5. The van der Waals surface area contributed by atoms with Crippen molar-refractivity contribution in [2.75, 3.05) is 20.3 Å². The van der Waals surface area contributed by atoms with Crippen molar-refractivity contribution in [3.8, 4) is 0 Å². The normalized spacial score (nSPS) is 12.6. The van der Waals surface area contributed by atoms with E-state index >= 15 is 0 Å². The van der Waals surface area contributed by atoms with Crippen LogP contribution in [0.4, 0.5) is 0 Å². The predicted octanol–water partition coefficient (Wildman–Crippen LogP) is 1.81. The standard InChI is InChI=1S/C15H26N2O3S/c1-6-16-10-13-8-7-9-14(12(13)2)21(18,19)17-15(3,4)11-20-5/h7-9,16-17H,6,10-11H2,1-5H3. The SMILES string of the molecule is CCNCc1cccc(S(=O)(=O)NC(C)(C)COC)c1C. The molecule has 1 aromatic carbocycles. The van der Waals surface area contributed by atoms with E-state index in [9.17, 15) is 8.42 Å². The molecule has 1 aromatic rings. The van der Waals surface area contributed by atoms with Crippen LogP contribution < -0.4 is 10.0 Å². The van der Waals surface area contributed by atoms with E-state index in [0.29, 0.717) is 18.0 Å². The molecular formula is C15H26N2O3S. The lowest BCUT2D eigenvalue weighted by Gasteiger charge is -2.25. The first-order valence-electron chi connectivity index (χ1n) is 7.05. The van der Waals surface area contributed by atoms with E-state index in [1.807, 2.05) is 19.9 Å². The van der Waals surface area contributed by atoms with Gasteiger partial charge in [-0.15, -0.1) is 0 Å². The number of benzene rings is 1. The van der Waals surface area contributed by atoms with Crippen LogP contribution in [0.2, 0.25) is 0 Å². The van der Waals surface area contributed by atoms with E-state index < -0.39 is 15.6 Å². The summed E-state index contributed by atoms with van der Waals surface area (Å²) in [5.41, 5.74) is 1.11. The second-order valence-corrected chi connectivity index (χ2v) is 7.39. The Bertz CT molecular complexity index is 568. The van der Waals surface area contributed by atoms with Gasteiger partial charge in [-0.2, -0.15) is 0 Å². The van der Waals surface area contributed by atoms with Crippen molar-refractivity contribution in [2.24, 2.45) is 0 Å². The van der Waals surface area contributed by atoms with Crippen molar-refractivity contribution >= 4 is 10.0 Å². The van der Waals surface area contributed by atoms with Gasteiger partial charge in [0.15, 0.2) is 0 Å². The number of sulfonamides is 1. The Hall–Kier alpha value is -0.950. The van der Waals surface area contributed by atoms with Crippen LogP contribution in [-0.2, 0) is 21.3 Å². The van der Waals surface area contributed by atoms with Crippen molar-refractivity contribution in [3.05, 3.63) is 29.3 Å². The Labute approximate surface area is 128 Å². The van der Waals surface area contributed by atoms with Crippen molar-refractivity contribution in [1.29, 1.82) is 0 Å². The summed E-state index contributed by atoms with van der Waals surface area (Å²) in [6.45, 7) is 9.26. The van der Waals surface area contributed by atoms with Crippen LogP contribution >= 0.6 is 0 Å². The Morgan fingerprint density at radius 2 is 1.95 bits per heavy atom. The summed E-state index contributed by atoms with van der Waals surface area (Å²) in [4.78, 5) is 0.321. The monoisotopic (exact) mass is 314 g/mol. The third-order valence-corrected chi connectivity index (χ3v) is 5.01. The third kappa shape index (κ3) is 5.07.